The predicted molar refractivity (Wildman–Crippen MR) is 155 cm³/mol. The molecule has 1 saturated carbocycles. The molecular weight excluding hydrogens is 550 g/mol. The molecule has 0 aliphatic heterocycles. The molecule has 1 aliphatic carbocycles. The number of nitrogens with one attached hydrogen (secondary N) is 3. The number of carbonyl (C=O) groups excluding carboxylic acids is 1. The van der Waals surface area contributed by atoms with Gasteiger partial charge in [-0.05, 0) is 67.6 Å². The minimum absolute atomic E-state index is 0.00825. The van der Waals surface area contributed by atoms with Crippen LogP contribution in [0.2, 0.25) is 5.02 Å². The van der Waals surface area contributed by atoms with E-state index in [1.807, 2.05) is 24.3 Å². The first-order chi connectivity index (χ1) is 19.3. The number of carbonyl (C=O) groups is 1. The van der Waals surface area contributed by atoms with Crippen LogP contribution in [0.4, 0.5) is 0 Å². The Morgan fingerprint density at radius 3 is 2.35 bits per heavy atom. The zero-order chi connectivity index (χ0) is 28.6. The summed E-state index contributed by atoms with van der Waals surface area (Å²) in [6, 6.07) is 22.6. The minimum Gasteiger partial charge on any atom is -0.496 e. The van der Waals surface area contributed by atoms with Crippen LogP contribution in [0.15, 0.2) is 88.8 Å². The highest BCUT2D eigenvalue weighted by atomic mass is 35.5. The third-order valence-corrected chi connectivity index (χ3v) is 8.67. The number of aliphatic imine (C=N–C) groups is 1. The third kappa shape index (κ3) is 6.92. The number of hydrogen-bond donors (Lipinski definition) is 3. The number of ether oxygens (including phenoxy) is 1. The fourth-order valence-corrected chi connectivity index (χ4v) is 6.03. The number of amides is 1. The molecule has 0 atom stereocenters. The van der Waals surface area contributed by atoms with Gasteiger partial charge in [-0.3, -0.25) is 4.79 Å². The lowest BCUT2D eigenvalue weighted by molar-refractivity contribution is 0.0932. The summed E-state index contributed by atoms with van der Waals surface area (Å²) in [4.78, 5) is 20.8. The van der Waals surface area contributed by atoms with Gasteiger partial charge in [-0.1, -0.05) is 59.5 Å². The first-order valence-electron chi connectivity index (χ1n) is 12.7. The number of rotatable bonds is 8. The van der Waals surface area contributed by atoms with Gasteiger partial charge in [0.1, 0.15) is 5.75 Å². The van der Waals surface area contributed by atoms with E-state index in [1.54, 1.807) is 18.2 Å². The molecule has 4 rings (SSSR count). The van der Waals surface area contributed by atoms with Gasteiger partial charge >= 0.3 is 0 Å². The van der Waals surface area contributed by atoms with Crippen molar-refractivity contribution in [3.63, 3.8) is 0 Å². The maximum Gasteiger partial charge on any atom is 0.276 e. The molecule has 1 amide bonds. The van der Waals surface area contributed by atoms with Crippen molar-refractivity contribution >= 4 is 33.5 Å². The lowest BCUT2D eigenvalue weighted by Crippen LogP contribution is -2.45. The van der Waals surface area contributed by atoms with Crippen molar-refractivity contribution in [2.45, 2.75) is 42.0 Å². The van der Waals surface area contributed by atoms with Gasteiger partial charge < -0.3 is 10.1 Å². The lowest BCUT2D eigenvalue weighted by Gasteiger charge is -2.40. The highest BCUT2D eigenvalue weighted by Gasteiger charge is 2.37. The molecular formula is C29H30ClN5O4S. The van der Waals surface area contributed by atoms with E-state index in [9.17, 15) is 13.2 Å². The number of benzene rings is 3. The number of hydrogen-bond acceptors (Lipinski definition) is 5. The van der Waals surface area contributed by atoms with E-state index in [2.05, 4.69) is 37.5 Å². The molecule has 208 valence electrons. The van der Waals surface area contributed by atoms with Gasteiger partial charge in [-0.25, -0.2) is 18.1 Å². The molecule has 3 aromatic rings. The van der Waals surface area contributed by atoms with Crippen LogP contribution in [-0.4, -0.2) is 40.0 Å². The van der Waals surface area contributed by atoms with Gasteiger partial charge in [0, 0.05) is 17.0 Å². The Morgan fingerprint density at radius 1 is 1.05 bits per heavy atom. The zero-order valence-electron chi connectivity index (χ0n) is 21.9. The standard InChI is InChI=1S/C29H30ClN5O4S/c1-31-34-28(35-40(37,38)24-14-12-22(30)13-15-24)33-23-16-18-29(19-17-23,21-8-4-3-5-9-21)20-32-27(36)25-10-6-7-11-26(25)39-2/h3-15,23H,16-20H2,2H3,(H,32,36)(H2,33,34,35). The van der Waals surface area contributed by atoms with Gasteiger partial charge in [0.15, 0.2) is 0 Å². The molecule has 0 radical (unpaired) electrons. The van der Waals surface area contributed by atoms with E-state index >= 15 is 0 Å². The number of para-hydroxylation sites is 1. The Bertz CT molecular complexity index is 1500. The van der Waals surface area contributed by atoms with E-state index in [-0.39, 0.29) is 28.2 Å². The normalized spacial score (nSPS) is 19.2. The molecule has 0 heterocycles. The molecule has 1 aliphatic rings. The van der Waals surface area contributed by atoms with Crippen molar-refractivity contribution in [3.8, 4) is 5.75 Å². The van der Waals surface area contributed by atoms with Crippen molar-refractivity contribution < 1.29 is 17.9 Å². The Morgan fingerprint density at radius 2 is 1.70 bits per heavy atom. The smallest absolute Gasteiger partial charge is 0.276 e. The van der Waals surface area contributed by atoms with Crippen molar-refractivity contribution in [1.29, 1.82) is 0 Å². The van der Waals surface area contributed by atoms with E-state index in [4.69, 9.17) is 22.9 Å². The first-order valence-corrected chi connectivity index (χ1v) is 14.6. The third-order valence-electron chi connectivity index (χ3n) is 7.07. The maximum absolute atomic E-state index is 13.1. The Balaban J connectivity index is 1.50. The van der Waals surface area contributed by atoms with Gasteiger partial charge in [0.25, 0.3) is 21.9 Å². The van der Waals surface area contributed by atoms with Gasteiger partial charge in [-0.2, -0.15) is 11.5 Å². The molecule has 3 aromatic carbocycles. The molecule has 9 nitrogen and oxygen atoms in total. The average molecular weight is 580 g/mol. The second-order valence-electron chi connectivity index (χ2n) is 9.52. The van der Waals surface area contributed by atoms with Crippen molar-refractivity contribution in [1.82, 2.24) is 15.5 Å². The van der Waals surface area contributed by atoms with Gasteiger partial charge in [0.2, 0.25) is 0 Å². The second kappa shape index (κ2) is 12.9. The summed E-state index contributed by atoms with van der Waals surface area (Å²) < 4.78 is 33.4. The number of halogens is 1. The highest BCUT2D eigenvalue weighted by molar-refractivity contribution is 7.90. The molecule has 0 bridgehead atoms. The predicted octanol–water partition coefficient (Wildman–Crippen LogP) is 4.72. The number of guanidine groups is 1. The van der Waals surface area contributed by atoms with E-state index in [0.29, 0.717) is 48.6 Å². The van der Waals surface area contributed by atoms with Gasteiger partial charge in [0.05, 0.1) is 23.6 Å². The van der Waals surface area contributed by atoms with Crippen LogP contribution in [0.1, 0.15) is 41.6 Å². The molecule has 0 spiro atoms. The molecule has 11 heteroatoms. The summed E-state index contributed by atoms with van der Waals surface area (Å²) >= 11 is 5.88. The molecule has 1 fully saturated rings. The molecule has 0 aromatic heterocycles. The van der Waals surface area contributed by atoms with Crippen molar-refractivity contribution in [2.24, 2.45) is 4.99 Å². The Labute approximate surface area is 239 Å². The van der Waals surface area contributed by atoms with Crippen LogP contribution in [0.5, 0.6) is 5.75 Å². The largest absolute Gasteiger partial charge is 0.496 e. The minimum atomic E-state index is -3.97. The summed E-state index contributed by atoms with van der Waals surface area (Å²) in [7, 11) is -2.43. The topological polar surface area (TPSA) is 113 Å². The summed E-state index contributed by atoms with van der Waals surface area (Å²) in [5, 5.41) is 3.52. The highest BCUT2D eigenvalue weighted by Crippen LogP contribution is 2.40. The molecule has 0 saturated heterocycles. The Kier molecular flexibility index (Phi) is 9.30. The fraction of sp³-hybridized carbons (Fsp3) is 0.276. The SMILES string of the molecule is [C-]#[N+]NC(=NC1CCC(CNC(=O)c2ccccc2OC)(c2ccccc2)CC1)NS(=O)(=O)c1ccc(Cl)cc1. The van der Waals surface area contributed by atoms with E-state index in [0.717, 1.165) is 5.56 Å². The molecule has 3 N–H and O–H groups in total. The van der Waals surface area contributed by atoms with E-state index in [1.165, 1.54) is 31.4 Å². The van der Waals surface area contributed by atoms with Crippen LogP contribution in [-0.2, 0) is 15.4 Å². The van der Waals surface area contributed by atoms with Crippen LogP contribution in [0, 0.1) is 6.57 Å². The molecule has 0 unspecified atom stereocenters. The average Bonchev–Trinajstić information content (AvgIpc) is 2.97. The fourth-order valence-electron chi connectivity index (χ4n) is 4.93. The quantitative estimate of drug-likeness (QED) is 0.155. The summed E-state index contributed by atoms with van der Waals surface area (Å²) in [5.74, 6) is 0.160. The number of nitrogens with zero attached hydrogens (tertiary/aromatic N) is 2. The first kappa shape index (κ1) is 28.9. The van der Waals surface area contributed by atoms with Crippen LogP contribution >= 0.6 is 11.6 Å². The Hall–Kier alpha value is -4.07. The van der Waals surface area contributed by atoms with Gasteiger partial charge in [-0.15, -0.1) is 0 Å². The molecule has 40 heavy (non-hydrogen) atoms. The summed E-state index contributed by atoms with van der Waals surface area (Å²) in [6.45, 7) is 7.61. The summed E-state index contributed by atoms with van der Waals surface area (Å²) in [6.07, 6.45) is 2.66. The van der Waals surface area contributed by atoms with E-state index < -0.39 is 10.0 Å². The van der Waals surface area contributed by atoms with Crippen LogP contribution in [0.25, 0.3) is 4.95 Å². The van der Waals surface area contributed by atoms with Crippen molar-refractivity contribution in [2.75, 3.05) is 13.7 Å². The number of sulfonamides is 1. The van der Waals surface area contributed by atoms with Crippen molar-refractivity contribution in [3.05, 3.63) is 107 Å². The van der Waals surface area contributed by atoms with Crippen LogP contribution in [0.3, 0.4) is 0 Å². The van der Waals surface area contributed by atoms with Crippen LogP contribution < -0.4 is 20.2 Å². The lowest BCUT2D eigenvalue weighted by atomic mass is 9.68. The number of methoxy groups -OCH3 is 1. The zero-order valence-corrected chi connectivity index (χ0v) is 23.5. The second-order valence-corrected chi connectivity index (χ2v) is 11.6. The maximum atomic E-state index is 13.1. The monoisotopic (exact) mass is 579 g/mol. The summed E-state index contributed by atoms with van der Waals surface area (Å²) in [5.41, 5.74) is 3.59.